The second-order valence-electron chi connectivity index (χ2n) is 4.82. The van der Waals surface area contributed by atoms with E-state index in [1.807, 2.05) is 6.07 Å². The maximum atomic E-state index is 12.2. The highest BCUT2D eigenvalue weighted by molar-refractivity contribution is 6.30. The standard InChI is InChI=1S/C16H15ClF2N2O2/c1-21(10-11-4-2-5-12(17)8-11)16(22)20-13-6-3-7-14(9-13)23-15(18)19/h2-9,15H,10H2,1H3,(H,20,22). The normalized spacial score (nSPS) is 10.5. The number of benzene rings is 2. The minimum absolute atomic E-state index is 0.0182. The second-order valence-corrected chi connectivity index (χ2v) is 5.26. The van der Waals surface area contributed by atoms with Gasteiger partial charge in [0.15, 0.2) is 0 Å². The number of carbonyl (C=O) groups is 1. The molecule has 0 bridgehead atoms. The van der Waals surface area contributed by atoms with Crippen LogP contribution in [0.2, 0.25) is 5.02 Å². The van der Waals surface area contributed by atoms with E-state index in [9.17, 15) is 13.6 Å². The maximum absolute atomic E-state index is 12.2. The summed E-state index contributed by atoms with van der Waals surface area (Å²) in [6.07, 6.45) is 0. The fourth-order valence-corrected chi connectivity index (χ4v) is 2.16. The summed E-state index contributed by atoms with van der Waals surface area (Å²) in [5.41, 5.74) is 1.25. The molecule has 0 saturated carbocycles. The molecule has 0 unspecified atom stereocenters. The lowest BCUT2D eigenvalue weighted by molar-refractivity contribution is -0.0497. The smallest absolute Gasteiger partial charge is 0.387 e. The fraction of sp³-hybridized carbons (Fsp3) is 0.188. The van der Waals surface area contributed by atoms with Gasteiger partial charge in [0.05, 0.1) is 0 Å². The third-order valence-corrected chi connectivity index (χ3v) is 3.20. The van der Waals surface area contributed by atoms with Crippen LogP contribution in [-0.4, -0.2) is 24.6 Å². The number of nitrogens with zero attached hydrogens (tertiary/aromatic N) is 1. The highest BCUT2D eigenvalue weighted by Crippen LogP contribution is 2.20. The molecule has 1 N–H and O–H groups in total. The Labute approximate surface area is 137 Å². The zero-order valence-corrected chi connectivity index (χ0v) is 13.1. The Balaban J connectivity index is 1.98. The van der Waals surface area contributed by atoms with Gasteiger partial charge in [0.2, 0.25) is 0 Å². The van der Waals surface area contributed by atoms with Gasteiger partial charge in [-0.3, -0.25) is 0 Å². The van der Waals surface area contributed by atoms with Crippen LogP contribution in [0.15, 0.2) is 48.5 Å². The summed E-state index contributed by atoms with van der Waals surface area (Å²) in [4.78, 5) is 13.6. The van der Waals surface area contributed by atoms with Gasteiger partial charge in [-0.25, -0.2) is 4.79 Å². The number of alkyl halides is 2. The first-order chi connectivity index (χ1) is 10.9. The molecule has 4 nitrogen and oxygen atoms in total. The molecule has 0 fully saturated rings. The van der Waals surface area contributed by atoms with E-state index in [-0.39, 0.29) is 11.8 Å². The number of carbonyl (C=O) groups excluding carboxylic acids is 1. The van der Waals surface area contributed by atoms with Crippen molar-refractivity contribution in [3.05, 3.63) is 59.1 Å². The number of halogens is 3. The van der Waals surface area contributed by atoms with Crippen LogP contribution in [0.4, 0.5) is 19.3 Å². The Morgan fingerprint density at radius 1 is 1.26 bits per heavy atom. The van der Waals surface area contributed by atoms with Gasteiger partial charge in [-0.2, -0.15) is 8.78 Å². The molecule has 0 aliphatic rings. The van der Waals surface area contributed by atoms with Gasteiger partial charge in [0, 0.05) is 30.4 Å². The number of nitrogens with one attached hydrogen (secondary N) is 1. The Morgan fingerprint density at radius 3 is 2.70 bits per heavy atom. The van der Waals surface area contributed by atoms with Gasteiger partial charge in [0.25, 0.3) is 0 Å². The van der Waals surface area contributed by atoms with Gasteiger partial charge < -0.3 is 15.0 Å². The van der Waals surface area contributed by atoms with Crippen LogP contribution in [-0.2, 0) is 6.54 Å². The highest BCUT2D eigenvalue weighted by atomic mass is 35.5. The van der Waals surface area contributed by atoms with Gasteiger partial charge in [-0.05, 0) is 29.8 Å². The van der Waals surface area contributed by atoms with E-state index in [1.54, 1.807) is 31.3 Å². The summed E-state index contributed by atoms with van der Waals surface area (Å²) in [5.74, 6) is -0.0182. The first kappa shape index (κ1) is 17.0. The molecule has 0 saturated heterocycles. The molecule has 0 aliphatic heterocycles. The van der Waals surface area contributed by atoms with Crippen molar-refractivity contribution in [3.63, 3.8) is 0 Å². The zero-order valence-electron chi connectivity index (χ0n) is 12.3. The van der Waals surface area contributed by atoms with E-state index >= 15 is 0 Å². The quantitative estimate of drug-likeness (QED) is 0.863. The van der Waals surface area contributed by atoms with Crippen molar-refractivity contribution in [2.24, 2.45) is 0 Å². The van der Waals surface area contributed by atoms with Crippen molar-refractivity contribution in [2.45, 2.75) is 13.2 Å². The summed E-state index contributed by atoms with van der Waals surface area (Å²) in [6.45, 7) is -2.55. The lowest BCUT2D eigenvalue weighted by Crippen LogP contribution is -2.30. The Hall–Kier alpha value is -2.34. The predicted octanol–water partition coefficient (Wildman–Crippen LogP) is 4.61. The number of hydrogen-bond donors (Lipinski definition) is 1. The molecule has 0 heterocycles. The Morgan fingerprint density at radius 2 is 2.00 bits per heavy atom. The van der Waals surface area contributed by atoms with Crippen molar-refractivity contribution < 1.29 is 18.3 Å². The molecule has 7 heteroatoms. The van der Waals surface area contributed by atoms with E-state index in [0.717, 1.165) is 5.56 Å². The topological polar surface area (TPSA) is 41.6 Å². The number of ether oxygens (including phenoxy) is 1. The van der Waals surface area contributed by atoms with Crippen LogP contribution < -0.4 is 10.1 Å². The molecule has 2 aromatic carbocycles. The molecule has 2 rings (SSSR count). The summed E-state index contributed by atoms with van der Waals surface area (Å²) in [5, 5.41) is 3.21. The first-order valence-corrected chi connectivity index (χ1v) is 7.13. The molecule has 0 atom stereocenters. The average molecular weight is 341 g/mol. The molecular formula is C16H15ClF2N2O2. The monoisotopic (exact) mass is 340 g/mol. The number of hydrogen-bond acceptors (Lipinski definition) is 2. The third kappa shape index (κ3) is 5.41. The minimum atomic E-state index is -2.91. The van der Waals surface area contributed by atoms with Gasteiger partial charge in [-0.15, -0.1) is 0 Å². The van der Waals surface area contributed by atoms with E-state index in [4.69, 9.17) is 11.6 Å². The molecule has 0 spiro atoms. The largest absolute Gasteiger partial charge is 0.435 e. The lowest BCUT2D eigenvalue weighted by atomic mass is 10.2. The predicted molar refractivity (Wildman–Crippen MR) is 85.0 cm³/mol. The number of rotatable bonds is 5. The van der Waals surface area contributed by atoms with Crippen molar-refractivity contribution in [1.29, 1.82) is 0 Å². The average Bonchev–Trinajstić information content (AvgIpc) is 2.46. The molecule has 122 valence electrons. The Kier molecular flexibility index (Phi) is 5.76. The highest BCUT2D eigenvalue weighted by Gasteiger charge is 2.11. The van der Waals surface area contributed by atoms with Crippen LogP contribution >= 0.6 is 11.6 Å². The van der Waals surface area contributed by atoms with Crippen LogP contribution in [0.3, 0.4) is 0 Å². The number of amides is 2. The van der Waals surface area contributed by atoms with Crippen LogP contribution in [0.1, 0.15) is 5.56 Å². The fourth-order valence-electron chi connectivity index (χ4n) is 1.95. The van der Waals surface area contributed by atoms with Gasteiger partial charge in [0.1, 0.15) is 5.75 Å². The van der Waals surface area contributed by atoms with Crippen LogP contribution in [0, 0.1) is 0 Å². The van der Waals surface area contributed by atoms with E-state index in [2.05, 4.69) is 10.1 Å². The maximum Gasteiger partial charge on any atom is 0.387 e. The molecule has 2 amide bonds. The summed E-state index contributed by atoms with van der Waals surface area (Å²) < 4.78 is 28.7. The zero-order chi connectivity index (χ0) is 16.8. The molecular weight excluding hydrogens is 326 g/mol. The number of urea groups is 1. The van der Waals surface area contributed by atoms with Gasteiger partial charge in [-0.1, -0.05) is 29.8 Å². The van der Waals surface area contributed by atoms with E-state index in [1.165, 1.54) is 23.1 Å². The van der Waals surface area contributed by atoms with Crippen molar-refractivity contribution >= 4 is 23.3 Å². The van der Waals surface area contributed by atoms with Crippen molar-refractivity contribution in [1.82, 2.24) is 4.90 Å². The Bertz CT molecular complexity index is 683. The summed E-state index contributed by atoms with van der Waals surface area (Å²) >= 11 is 5.90. The van der Waals surface area contributed by atoms with Crippen LogP contribution in [0.5, 0.6) is 5.75 Å². The molecule has 23 heavy (non-hydrogen) atoms. The molecule has 0 radical (unpaired) electrons. The minimum Gasteiger partial charge on any atom is -0.435 e. The lowest BCUT2D eigenvalue weighted by Gasteiger charge is -2.18. The van der Waals surface area contributed by atoms with Crippen molar-refractivity contribution in [2.75, 3.05) is 12.4 Å². The summed E-state index contributed by atoms with van der Waals surface area (Å²) in [6, 6.07) is 12.6. The van der Waals surface area contributed by atoms with Crippen LogP contribution in [0.25, 0.3) is 0 Å². The first-order valence-electron chi connectivity index (χ1n) is 6.75. The van der Waals surface area contributed by atoms with E-state index in [0.29, 0.717) is 17.3 Å². The van der Waals surface area contributed by atoms with E-state index < -0.39 is 6.61 Å². The van der Waals surface area contributed by atoms with Gasteiger partial charge >= 0.3 is 12.6 Å². The third-order valence-electron chi connectivity index (χ3n) is 2.97. The number of anilines is 1. The molecule has 0 aliphatic carbocycles. The second kappa shape index (κ2) is 7.78. The molecule has 2 aromatic rings. The SMILES string of the molecule is CN(Cc1cccc(Cl)c1)C(=O)Nc1cccc(OC(F)F)c1. The summed E-state index contributed by atoms with van der Waals surface area (Å²) in [7, 11) is 1.62. The molecule has 0 aromatic heterocycles. The van der Waals surface area contributed by atoms with Crippen molar-refractivity contribution in [3.8, 4) is 5.75 Å².